The van der Waals surface area contributed by atoms with Gasteiger partial charge in [-0.25, -0.2) is 4.79 Å². The number of thiophene rings is 2. The molecule has 1 unspecified atom stereocenters. The lowest BCUT2D eigenvalue weighted by atomic mass is 10.2. The molecule has 0 aliphatic carbocycles. The number of ether oxygens (including phenoxy) is 1. The smallest absolute Gasteiger partial charge is 0.348 e. The molecule has 1 amide bonds. The van der Waals surface area contributed by atoms with Gasteiger partial charge in [0.1, 0.15) is 4.88 Å². The molecule has 0 bridgehead atoms. The van der Waals surface area contributed by atoms with Crippen molar-refractivity contribution in [1.29, 1.82) is 0 Å². The third-order valence-electron chi connectivity index (χ3n) is 3.17. The number of carbonyl (C=O) groups excluding carboxylic acids is 2. The summed E-state index contributed by atoms with van der Waals surface area (Å²) in [4.78, 5) is 27.8. The number of nitrogens with zero attached hydrogens (tertiary/aromatic N) is 1. The van der Waals surface area contributed by atoms with Crippen LogP contribution in [0.3, 0.4) is 0 Å². The second-order valence-corrected chi connectivity index (χ2v) is 6.92. The molecule has 118 valence electrons. The SMILES string of the molecule is COC(=O)c1ccc(C(=O)NCC(c2cccs2)N(C)C)s1. The van der Waals surface area contributed by atoms with Crippen LogP contribution >= 0.6 is 22.7 Å². The molecule has 2 rings (SSSR count). The van der Waals surface area contributed by atoms with E-state index < -0.39 is 5.97 Å². The van der Waals surface area contributed by atoms with Gasteiger partial charge in [-0.15, -0.1) is 22.7 Å². The van der Waals surface area contributed by atoms with Gasteiger partial charge in [-0.3, -0.25) is 4.79 Å². The Kier molecular flexibility index (Phi) is 5.70. The third-order valence-corrected chi connectivity index (χ3v) is 5.20. The van der Waals surface area contributed by atoms with E-state index in [1.165, 1.54) is 12.0 Å². The highest BCUT2D eigenvalue weighted by atomic mass is 32.1. The van der Waals surface area contributed by atoms with Gasteiger partial charge < -0.3 is 15.0 Å². The number of likely N-dealkylation sites (N-methyl/N-ethyl adjacent to an activating group) is 1. The first-order valence-electron chi connectivity index (χ1n) is 6.69. The zero-order chi connectivity index (χ0) is 16.1. The molecule has 1 atom stereocenters. The minimum atomic E-state index is -0.422. The number of carbonyl (C=O) groups is 2. The molecule has 22 heavy (non-hydrogen) atoms. The Labute approximate surface area is 137 Å². The number of hydrogen-bond acceptors (Lipinski definition) is 6. The fourth-order valence-corrected chi connectivity index (χ4v) is 3.73. The fraction of sp³-hybridized carbons (Fsp3) is 0.333. The van der Waals surface area contributed by atoms with Crippen LogP contribution in [0.25, 0.3) is 0 Å². The van der Waals surface area contributed by atoms with Crippen molar-refractivity contribution in [2.45, 2.75) is 6.04 Å². The molecular formula is C15H18N2O3S2. The van der Waals surface area contributed by atoms with Crippen molar-refractivity contribution in [3.63, 3.8) is 0 Å². The number of amides is 1. The topological polar surface area (TPSA) is 58.6 Å². The molecular weight excluding hydrogens is 320 g/mol. The molecule has 1 N–H and O–H groups in total. The lowest BCUT2D eigenvalue weighted by Gasteiger charge is -2.23. The standard InChI is InChI=1S/C15H18N2O3S2/c1-17(2)10(11-5-4-8-21-11)9-16-14(18)12-6-7-13(22-12)15(19)20-3/h4-8,10H,9H2,1-3H3,(H,16,18). The van der Waals surface area contributed by atoms with Crippen LogP contribution in [0.5, 0.6) is 0 Å². The maximum absolute atomic E-state index is 12.2. The van der Waals surface area contributed by atoms with E-state index in [0.29, 0.717) is 16.3 Å². The minimum absolute atomic E-state index is 0.129. The van der Waals surface area contributed by atoms with Crippen LogP contribution in [0.15, 0.2) is 29.6 Å². The molecule has 0 aliphatic rings. The van der Waals surface area contributed by atoms with E-state index in [2.05, 4.69) is 21.0 Å². The summed E-state index contributed by atoms with van der Waals surface area (Å²) in [6.45, 7) is 0.512. The second-order valence-electron chi connectivity index (χ2n) is 4.86. The van der Waals surface area contributed by atoms with Crippen LogP contribution in [0, 0.1) is 0 Å². The lowest BCUT2D eigenvalue weighted by molar-refractivity contribution is 0.0606. The monoisotopic (exact) mass is 338 g/mol. The van der Waals surface area contributed by atoms with Crippen LogP contribution in [0.1, 0.15) is 30.3 Å². The van der Waals surface area contributed by atoms with Crippen LogP contribution in [0.4, 0.5) is 0 Å². The third kappa shape index (κ3) is 3.94. The number of methoxy groups -OCH3 is 1. The molecule has 0 fully saturated rings. The van der Waals surface area contributed by atoms with Crippen molar-refractivity contribution in [3.05, 3.63) is 44.3 Å². The fourth-order valence-electron chi connectivity index (χ4n) is 1.97. The largest absolute Gasteiger partial charge is 0.465 e. The predicted molar refractivity (Wildman–Crippen MR) is 88.7 cm³/mol. The van der Waals surface area contributed by atoms with Crippen molar-refractivity contribution >= 4 is 34.6 Å². The molecule has 2 heterocycles. The maximum Gasteiger partial charge on any atom is 0.348 e. The molecule has 0 aromatic carbocycles. The van der Waals surface area contributed by atoms with Crippen molar-refractivity contribution < 1.29 is 14.3 Å². The van der Waals surface area contributed by atoms with Gasteiger partial charge in [0.2, 0.25) is 0 Å². The molecule has 0 saturated heterocycles. The summed E-state index contributed by atoms with van der Waals surface area (Å²) in [5, 5.41) is 4.95. The van der Waals surface area contributed by atoms with E-state index in [1.807, 2.05) is 25.5 Å². The normalized spacial score (nSPS) is 12.2. The van der Waals surface area contributed by atoms with E-state index in [1.54, 1.807) is 23.5 Å². The average Bonchev–Trinajstić information content (AvgIpc) is 3.17. The molecule has 0 radical (unpaired) electrons. The number of nitrogens with one attached hydrogen (secondary N) is 1. The Balaban J connectivity index is 1.99. The van der Waals surface area contributed by atoms with Crippen molar-refractivity contribution in [2.75, 3.05) is 27.7 Å². The summed E-state index contributed by atoms with van der Waals surface area (Å²) in [7, 11) is 5.29. The highest BCUT2D eigenvalue weighted by Crippen LogP contribution is 2.23. The molecule has 2 aromatic rings. The van der Waals surface area contributed by atoms with Gasteiger partial charge in [-0.1, -0.05) is 6.07 Å². The van der Waals surface area contributed by atoms with Gasteiger partial charge >= 0.3 is 5.97 Å². The van der Waals surface area contributed by atoms with Gasteiger partial charge in [0.05, 0.1) is 18.0 Å². The van der Waals surface area contributed by atoms with E-state index >= 15 is 0 Å². The first-order valence-corrected chi connectivity index (χ1v) is 8.38. The molecule has 2 aromatic heterocycles. The summed E-state index contributed by atoms with van der Waals surface area (Å²) < 4.78 is 4.64. The zero-order valence-corrected chi connectivity index (χ0v) is 14.3. The van der Waals surface area contributed by atoms with Crippen molar-refractivity contribution in [3.8, 4) is 0 Å². The Bertz CT molecular complexity index is 635. The summed E-state index contributed by atoms with van der Waals surface area (Å²) in [6, 6.07) is 7.43. The molecule has 5 nitrogen and oxygen atoms in total. The van der Waals surface area contributed by atoms with Crippen molar-refractivity contribution in [2.24, 2.45) is 0 Å². The van der Waals surface area contributed by atoms with E-state index in [0.717, 1.165) is 11.3 Å². The van der Waals surface area contributed by atoms with Gasteiger partial charge in [0.15, 0.2) is 0 Å². The van der Waals surface area contributed by atoms with Gasteiger partial charge in [-0.2, -0.15) is 0 Å². The molecule has 0 spiro atoms. The van der Waals surface area contributed by atoms with E-state index in [4.69, 9.17) is 0 Å². The number of rotatable bonds is 6. The number of hydrogen-bond donors (Lipinski definition) is 1. The van der Waals surface area contributed by atoms with E-state index in [-0.39, 0.29) is 11.9 Å². The Morgan fingerprint density at radius 1 is 1.27 bits per heavy atom. The van der Waals surface area contributed by atoms with Gasteiger partial charge in [0, 0.05) is 11.4 Å². The Morgan fingerprint density at radius 2 is 2.00 bits per heavy atom. The quantitative estimate of drug-likeness (QED) is 0.823. The first-order chi connectivity index (χ1) is 10.5. The average molecular weight is 338 g/mol. The van der Waals surface area contributed by atoms with Crippen LogP contribution in [-0.2, 0) is 4.74 Å². The maximum atomic E-state index is 12.2. The zero-order valence-electron chi connectivity index (χ0n) is 12.7. The second kappa shape index (κ2) is 7.53. The summed E-state index contributed by atoms with van der Waals surface area (Å²) >= 11 is 2.80. The molecule has 0 saturated carbocycles. The molecule has 0 aliphatic heterocycles. The van der Waals surface area contributed by atoms with Crippen LogP contribution in [-0.4, -0.2) is 44.5 Å². The van der Waals surface area contributed by atoms with Crippen LogP contribution in [0.2, 0.25) is 0 Å². The first kappa shape index (κ1) is 16.7. The van der Waals surface area contributed by atoms with Crippen LogP contribution < -0.4 is 5.32 Å². The summed E-state index contributed by atoms with van der Waals surface area (Å²) in [5.41, 5.74) is 0. The minimum Gasteiger partial charge on any atom is -0.465 e. The summed E-state index contributed by atoms with van der Waals surface area (Å²) in [6.07, 6.45) is 0. The molecule has 7 heteroatoms. The number of esters is 1. The Hall–Kier alpha value is -1.70. The highest BCUT2D eigenvalue weighted by Gasteiger charge is 2.18. The summed E-state index contributed by atoms with van der Waals surface area (Å²) in [5.74, 6) is -0.600. The van der Waals surface area contributed by atoms with Gasteiger partial charge in [0.25, 0.3) is 5.91 Å². The van der Waals surface area contributed by atoms with E-state index in [9.17, 15) is 9.59 Å². The Morgan fingerprint density at radius 3 is 2.59 bits per heavy atom. The van der Waals surface area contributed by atoms with Crippen molar-refractivity contribution in [1.82, 2.24) is 10.2 Å². The highest BCUT2D eigenvalue weighted by molar-refractivity contribution is 7.15. The predicted octanol–water partition coefficient (Wildman–Crippen LogP) is 2.63. The lowest BCUT2D eigenvalue weighted by Crippen LogP contribution is -2.33. The van der Waals surface area contributed by atoms with Gasteiger partial charge in [-0.05, 0) is 37.7 Å².